The molecule has 168 valence electrons. The Bertz CT molecular complexity index is 1080. The number of para-hydroxylation sites is 1. The van der Waals surface area contributed by atoms with Crippen LogP contribution in [0, 0.1) is 20.8 Å². The summed E-state index contributed by atoms with van der Waals surface area (Å²) < 4.78 is 11.2. The van der Waals surface area contributed by atoms with Gasteiger partial charge in [0.25, 0.3) is 0 Å². The number of aryl methyl sites for hydroxylation is 3. The fourth-order valence-corrected chi connectivity index (χ4v) is 5.71. The van der Waals surface area contributed by atoms with Crippen molar-refractivity contribution in [2.45, 2.75) is 46.7 Å². The number of hydrogen-bond acceptors (Lipinski definition) is 3. The lowest BCUT2D eigenvalue weighted by Crippen LogP contribution is -2.15. The second-order valence-corrected chi connectivity index (χ2v) is 9.67. The van der Waals surface area contributed by atoms with Crippen LogP contribution in [0.4, 0.5) is 5.69 Å². The van der Waals surface area contributed by atoms with Crippen LogP contribution in [0.25, 0.3) is 0 Å². The molecule has 0 saturated heterocycles. The Kier molecular flexibility index (Phi) is 8.61. The van der Waals surface area contributed by atoms with Gasteiger partial charge in [0.05, 0.1) is 5.69 Å². The van der Waals surface area contributed by atoms with E-state index in [1.165, 1.54) is 27.6 Å². The van der Waals surface area contributed by atoms with Gasteiger partial charge in [-0.3, -0.25) is 4.99 Å². The van der Waals surface area contributed by atoms with E-state index in [4.69, 9.17) is 14.5 Å². The average molecular weight is 448 g/mol. The van der Waals surface area contributed by atoms with E-state index in [-0.39, 0.29) is 6.79 Å². The van der Waals surface area contributed by atoms with Gasteiger partial charge in [-0.2, -0.15) is 0 Å². The van der Waals surface area contributed by atoms with Crippen LogP contribution in [0.1, 0.15) is 53.7 Å². The molecule has 4 heteroatoms. The molecule has 0 fully saturated rings. The van der Waals surface area contributed by atoms with Crippen molar-refractivity contribution in [2.24, 2.45) is 4.99 Å². The summed E-state index contributed by atoms with van der Waals surface area (Å²) >= 11 is 0. The van der Waals surface area contributed by atoms with Crippen molar-refractivity contribution in [3.05, 3.63) is 88.5 Å². The van der Waals surface area contributed by atoms with Gasteiger partial charge in [0.15, 0.2) is 6.79 Å². The number of benzene rings is 3. The zero-order valence-corrected chi connectivity index (χ0v) is 21.0. The number of rotatable bonds is 9. The maximum Gasteiger partial charge on any atom is 0.188 e. The van der Waals surface area contributed by atoms with Crippen molar-refractivity contribution in [1.82, 2.24) is 0 Å². The predicted octanol–water partition coefficient (Wildman–Crippen LogP) is 7.19. The molecule has 0 spiro atoms. The van der Waals surface area contributed by atoms with Crippen LogP contribution in [0.3, 0.4) is 0 Å². The fourth-order valence-electron chi connectivity index (χ4n) is 4.05. The molecule has 0 amide bonds. The van der Waals surface area contributed by atoms with Gasteiger partial charge in [0, 0.05) is 29.6 Å². The molecule has 3 aromatic rings. The topological polar surface area (TPSA) is 30.8 Å². The average Bonchev–Trinajstić information content (AvgIpc) is 2.78. The van der Waals surface area contributed by atoms with Gasteiger partial charge in [-0.15, -0.1) is 0 Å². The first-order valence-corrected chi connectivity index (χ1v) is 12.2. The second-order valence-electron chi connectivity index (χ2n) is 8.19. The van der Waals surface area contributed by atoms with Crippen LogP contribution in [0.2, 0.25) is 0 Å². The Labute approximate surface area is 194 Å². The Morgan fingerprint density at radius 1 is 0.969 bits per heavy atom. The molecule has 2 unspecified atom stereocenters. The van der Waals surface area contributed by atoms with Crippen LogP contribution in [0.15, 0.2) is 65.7 Å². The Hall–Kier alpha value is -2.48. The zero-order valence-electron chi connectivity index (χ0n) is 20.0. The third kappa shape index (κ3) is 5.85. The molecule has 0 radical (unpaired) electrons. The highest BCUT2D eigenvalue weighted by atomic mass is 31.1. The SMILES string of the molecule is CCC(Pc1c(C)cccc1C(C)=Nc1ccccc1)c1cc(C)cc(C)c1OCOC. The maximum atomic E-state index is 6.04. The van der Waals surface area contributed by atoms with E-state index >= 15 is 0 Å². The van der Waals surface area contributed by atoms with E-state index in [0.717, 1.165) is 29.1 Å². The van der Waals surface area contributed by atoms with Crippen molar-refractivity contribution in [3.8, 4) is 5.75 Å². The van der Waals surface area contributed by atoms with Gasteiger partial charge in [0.2, 0.25) is 0 Å². The van der Waals surface area contributed by atoms with Crippen LogP contribution >= 0.6 is 8.58 Å². The lowest BCUT2D eigenvalue weighted by Gasteiger charge is -2.24. The maximum absolute atomic E-state index is 6.04. The van der Waals surface area contributed by atoms with Crippen molar-refractivity contribution >= 4 is 25.3 Å². The first-order chi connectivity index (χ1) is 15.4. The minimum Gasteiger partial charge on any atom is -0.467 e. The summed E-state index contributed by atoms with van der Waals surface area (Å²) in [7, 11) is 2.28. The van der Waals surface area contributed by atoms with Crippen molar-refractivity contribution in [3.63, 3.8) is 0 Å². The van der Waals surface area contributed by atoms with E-state index in [2.05, 4.69) is 65.0 Å². The molecule has 0 bridgehead atoms. The minimum atomic E-state index is 0.259. The summed E-state index contributed by atoms with van der Waals surface area (Å²) in [5.41, 5.74) is 8.63. The van der Waals surface area contributed by atoms with Crippen LogP contribution in [0.5, 0.6) is 5.75 Å². The number of nitrogens with zero attached hydrogens (tertiary/aromatic N) is 1. The van der Waals surface area contributed by atoms with E-state index in [1.807, 2.05) is 30.3 Å². The molecule has 0 aromatic heterocycles. The highest BCUT2D eigenvalue weighted by Crippen LogP contribution is 2.44. The molecule has 0 aliphatic carbocycles. The number of ether oxygens (including phenoxy) is 2. The Morgan fingerprint density at radius 2 is 1.72 bits per heavy atom. The van der Waals surface area contributed by atoms with Gasteiger partial charge in [0.1, 0.15) is 5.75 Å². The summed E-state index contributed by atoms with van der Waals surface area (Å²) in [5, 5.41) is 1.38. The van der Waals surface area contributed by atoms with Crippen molar-refractivity contribution in [2.75, 3.05) is 13.9 Å². The molecule has 0 saturated carbocycles. The Morgan fingerprint density at radius 3 is 2.41 bits per heavy atom. The van der Waals surface area contributed by atoms with E-state index in [0.29, 0.717) is 14.2 Å². The van der Waals surface area contributed by atoms with Gasteiger partial charge in [-0.25, -0.2) is 0 Å². The third-order valence-electron chi connectivity index (χ3n) is 5.59. The van der Waals surface area contributed by atoms with Crippen LogP contribution < -0.4 is 10.0 Å². The summed E-state index contributed by atoms with van der Waals surface area (Å²) in [5.74, 6) is 0.960. The number of methoxy groups -OCH3 is 1. The molecule has 0 N–H and O–H groups in total. The first-order valence-electron chi connectivity index (χ1n) is 11.1. The third-order valence-corrected chi connectivity index (χ3v) is 7.61. The second kappa shape index (κ2) is 11.4. The molecular formula is C28H34NO2P. The summed E-state index contributed by atoms with van der Waals surface area (Å²) in [6.07, 6.45) is 1.04. The predicted molar refractivity (Wildman–Crippen MR) is 139 cm³/mol. The quantitative estimate of drug-likeness (QED) is 0.197. The van der Waals surface area contributed by atoms with Crippen molar-refractivity contribution < 1.29 is 9.47 Å². The standard InChI is InChI=1S/C28H34NO2P/c1-7-26(25-17-19(2)16-21(4)27(25)31-18-30-6)32-28-20(3)12-11-15-24(28)22(5)29-23-13-9-8-10-14-23/h8-17,26,32H,7,18H2,1-6H3. The summed E-state index contributed by atoms with van der Waals surface area (Å²) in [4.78, 5) is 4.90. The van der Waals surface area contributed by atoms with E-state index in [9.17, 15) is 0 Å². The van der Waals surface area contributed by atoms with Gasteiger partial charge in [-0.1, -0.05) is 69.6 Å². The highest BCUT2D eigenvalue weighted by molar-refractivity contribution is 7.48. The minimum absolute atomic E-state index is 0.259. The van der Waals surface area contributed by atoms with E-state index in [1.54, 1.807) is 7.11 Å². The highest BCUT2D eigenvalue weighted by Gasteiger charge is 2.21. The van der Waals surface area contributed by atoms with E-state index < -0.39 is 0 Å². The normalized spacial score (nSPS) is 13.0. The van der Waals surface area contributed by atoms with Gasteiger partial charge < -0.3 is 9.47 Å². The zero-order chi connectivity index (χ0) is 23.1. The molecule has 32 heavy (non-hydrogen) atoms. The molecule has 3 aromatic carbocycles. The molecule has 2 atom stereocenters. The fraction of sp³-hybridized carbons (Fsp3) is 0.321. The number of hydrogen-bond donors (Lipinski definition) is 0. The van der Waals surface area contributed by atoms with Crippen LogP contribution in [-0.4, -0.2) is 19.6 Å². The molecule has 0 aliphatic rings. The largest absolute Gasteiger partial charge is 0.467 e. The summed E-state index contributed by atoms with van der Waals surface area (Å²) in [6, 6.07) is 21.2. The van der Waals surface area contributed by atoms with Gasteiger partial charge >= 0.3 is 0 Å². The molecule has 0 aliphatic heterocycles. The summed E-state index contributed by atoms with van der Waals surface area (Å²) in [6.45, 7) is 11.1. The van der Waals surface area contributed by atoms with Crippen molar-refractivity contribution in [1.29, 1.82) is 0 Å². The lowest BCUT2D eigenvalue weighted by atomic mass is 10.0. The lowest BCUT2D eigenvalue weighted by molar-refractivity contribution is 0.0499. The molecule has 3 nitrogen and oxygen atoms in total. The van der Waals surface area contributed by atoms with Gasteiger partial charge in [-0.05, 0) is 62.7 Å². The smallest absolute Gasteiger partial charge is 0.188 e. The Balaban J connectivity index is 2.02. The first kappa shape index (κ1) is 24.2. The number of aliphatic imine (C=N–C) groups is 1. The molecule has 3 rings (SSSR count). The van der Waals surface area contributed by atoms with Crippen LogP contribution in [-0.2, 0) is 4.74 Å². The monoisotopic (exact) mass is 447 g/mol. The molecule has 0 heterocycles. The molecular weight excluding hydrogens is 413 g/mol.